The molecule has 0 aromatic rings. The molecule has 3 N–H and O–H groups in total. The SMILES string of the molecule is CN1C(Br)=C(C(F)(F)F)C=C(N)C1C(=O)NC[C@H]1CCCO1. The van der Waals surface area contributed by atoms with Gasteiger partial charge in [-0.1, -0.05) is 0 Å². The minimum absolute atomic E-state index is 0.0484. The van der Waals surface area contributed by atoms with Crippen molar-refractivity contribution in [1.29, 1.82) is 0 Å². The van der Waals surface area contributed by atoms with E-state index in [4.69, 9.17) is 10.5 Å². The van der Waals surface area contributed by atoms with Crippen LogP contribution in [0.25, 0.3) is 0 Å². The van der Waals surface area contributed by atoms with Crippen molar-refractivity contribution in [3.05, 3.63) is 22.0 Å². The molecule has 1 amide bonds. The Morgan fingerprint density at radius 2 is 2.27 bits per heavy atom. The Kier molecular flexibility index (Phi) is 5.06. The maximum atomic E-state index is 12.9. The molecule has 5 nitrogen and oxygen atoms in total. The molecular weight excluding hydrogens is 367 g/mol. The van der Waals surface area contributed by atoms with E-state index in [0.29, 0.717) is 13.2 Å². The van der Waals surface area contributed by atoms with Crippen molar-refractivity contribution in [3.8, 4) is 0 Å². The molecule has 1 unspecified atom stereocenters. The van der Waals surface area contributed by atoms with Crippen molar-refractivity contribution >= 4 is 21.8 Å². The fourth-order valence-corrected chi connectivity index (χ4v) is 3.02. The van der Waals surface area contributed by atoms with Gasteiger partial charge in [0.05, 0.1) is 16.3 Å². The summed E-state index contributed by atoms with van der Waals surface area (Å²) in [6, 6.07) is -0.984. The number of carbonyl (C=O) groups excluding carboxylic acids is 1. The zero-order valence-electron chi connectivity index (χ0n) is 11.9. The second kappa shape index (κ2) is 6.49. The van der Waals surface area contributed by atoms with Crippen molar-refractivity contribution in [1.82, 2.24) is 10.2 Å². The van der Waals surface area contributed by atoms with Gasteiger partial charge in [0, 0.05) is 25.9 Å². The maximum Gasteiger partial charge on any atom is 0.418 e. The van der Waals surface area contributed by atoms with Gasteiger partial charge in [0.2, 0.25) is 5.91 Å². The predicted molar refractivity (Wildman–Crippen MR) is 77.8 cm³/mol. The summed E-state index contributed by atoms with van der Waals surface area (Å²) in [7, 11) is 1.38. The molecule has 0 aromatic carbocycles. The number of nitrogens with one attached hydrogen (secondary N) is 1. The van der Waals surface area contributed by atoms with Crippen LogP contribution in [0.2, 0.25) is 0 Å². The van der Waals surface area contributed by atoms with E-state index < -0.39 is 23.7 Å². The van der Waals surface area contributed by atoms with Crippen LogP contribution in [0.15, 0.2) is 22.0 Å². The third-order valence-corrected chi connectivity index (χ3v) is 4.61. The molecule has 0 aromatic heterocycles. The first-order valence-corrected chi connectivity index (χ1v) is 7.57. The quantitative estimate of drug-likeness (QED) is 0.726. The van der Waals surface area contributed by atoms with Gasteiger partial charge in [0.15, 0.2) is 0 Å². The smallest absolute Gasteiger partial charge is 0.400 e. The highest BCUT2D eigenvalue weighted by Crippen LogP contribution is 2.37. The topological polar surface area (TPSA) is 67.6 Å². The Morgan fingerprint density at radius 1 is 1.59 bits per heavy atom. The lowest BCUT2D eigenvalue weighted by atomic mass is 10.0. The van der Waals surface area contributed by atoms with E-state index in [9.17, 15) is 18.0 Å². The minimum Gasteiger partial charge on any atom is -0.400 e. The van der Waals surface area contributed by atoms with E-state index in [0.717, 1.165) is 18.9 Å². The van der Waals surface area contributed by atoms with Crippen molar-refractivity contribution in [2.24, 2.45) is 5.73 Å². The first-order valence-electron chi connectivity index (χ1n) is 6.78. The second-order valence-electron chi connectivity index (χ2n) is 5.24. The van der Waals surface area contributed by atoms with Crippen LogP contribution in [0.1, 0.15) is 12.8 Å². The van der Waals surface area contributed by atoms with Gasteiger partial charge >= 0.3 is 6.18 Å². The number of nitrogens with zero attached hydrogens (tertiary/aromatic N) is 1. The number of hydrogen-bond donors (Lipinski definition) is 2. The Hall–Kier alpha value is -1.22. The molecule has 2 heterocycles. The Labute approximate surface area is 134 Å². The summed E-state index contributed by atoms with van der Waals surface area (Å²) in [4.78, 5) is 13.4. The highest BCUT2D eigenvalue weighted by atomic mass is 79.9. The molecule has 2 atom stereocenters. The summed E-state index contributed by atoms with van der Waals surface area (Å²) in [5, 5.41) is 2.68. The van der Waals surface area contributed by atoms with E-state index in [1.54, 1.807) is 0 Å². The van der Waals surface area contributed by atoms with Crippen LogP contribution >= 0.6 is 15.9 Å². The lowest BCUT2D eigenvalue weighted by Gasteiger charge is -2.34. The largest absolute Gasteiger partial charge is 0.418 e. The summed E-state index contributed by atoms with van der Waals surface area (Å²) < 4.78 is 43.8. The van der Waals surface area contributed by atoms with Crippen LogP contribution in [0.3, 0.4) is 0 Å². The van der Waals surface area contributed by atoms with Crippen LogP contribution < -0.4 is 11.1 Å². The Bertz CT molecular complexity index is 513. The van der Waals surface area contributed by atoms with Gasteiger partial charge in [-0.05, 0) is 34.8 Å². The molecular formula is C13H17BrF3N3O2. The molecule has 0 spiro atoms. The van der Waals surface area contributed by atoms with Crippen molar-refractivity contribution in [2.75, 3.05) is 20.2 Å². The zero-order chi connectivity index (χ0) is 16.5. The van der Waals surface area contributed by atoms with E-state index in [1.165, 1.54) is 11.9 Å². The second-order valence-corrected chi connectivity index (χ2v) is 5.99. The molecule has 0 aliphatic carbocycles. The first kappa shape index (κ1) is 17.1. The molecule has 1 saturated heterocycles. The highest BCUT2D eigenvalue weighted by Gasteiger charge is 2.41. The number of ether oxygens (including phenoxy) is 1. The van der Waals surface area contributed by atoms with E-state index in [-0.39, 0.29) is 16.4 Å². The van der Waals surface area contributed by atoms with E-state index >= 15 is 0 Å². The lowest BCUT2D eigenvalue weighted by molar-refractivity contribution is -0.125. The number of halogens is 4. The van der Waals surface area contributed by atoms with Crippen molar-refractivity contribution < 1.29 is 22.7 Å². The number of likely N-dealkylation sites (N-methyl/N-ethyl adjacent to an activating group) is 1. The number of amides is 1. The average molecular weight is 384 g/mol. The van der Waals surface area contributed by atoms with Gasteiger partial charge in [-0.15, -0.1) is 0 Å². The molecule has 124 valence electrons. The van der Waals surface area contributed by atoms with Crippen LogP contribution in [0, 0.1) is 0 Å². The third kappa shape index (κ3) is 3.57. The molecule has 1 fully saturated rings. The number of alkyl halides is 3. The van der Waals surface area contributed by atoms with Crippen LogP contribution in [0.4, 0.5) is 13.2 Å². The highest BCUT2D eigenvalue weighted by molar-refractivity contribution is 9.11. The van der Waals surface area contributed by atoms with Crippen molar-refractivity contribution in [3.63, 3.8) is 0 Å². The molecule has 0 saturated carbocycles. The number of hydrogen-bond acceptors (Lipinski definition) is 4. The number of nitrogens with two attached hydrogens (primary N) is 1. The van der Waals surface area contributed by atoms with Crippen LogP contribution in [0.5, 0.6) is 0 Å². The monoisotopic (exact) mass is 383 g/mol. The maximum absolute atomic E-state index is 12.9. The first-order chi connectivity index (χ1) is 10.2. The van der Waals surface area contributed by atoms with E-state index in [1.807, 2.05) is 0 Å². The molecule has 0 bridgehead atoms. The molecule has 2 rings (SSSR count). The fourth-order valence-electron chi connectivity index (χ4n) is 2.47. The molecule has 0 radical (unpaired) electrons. The van der Waals surface area contributed by atoms with Gasteiger partial charge < -0.3 is 20.7 Å². The average Bonchev–Trinajstić information content (AvgIpc) is 2.92. The Balaban J connectivity index is 2.08. The van der Waals surface area contributed by atoms with Crippen LogP contribution in [-0.4, -0.2) is 49.3 Å². The number of rotatable bonds is 3. The van der Waals surface area contributed by atoms with Crippen molar-refractivity contribution in [2.45, 2.75) is 31.2 Å². The Morgan fingerprint density at radius 3 is 2.82 bits per heavy atom. The lowest BCUT2D eigenvalue weighted by Crippen LogP contribution is -2.50. The molecule has 9 heteroatoms. The normalized spacial score (nSPS) is 26.2. The van der Waals surface area contributed by atoms with Crippen LogP contribution in [-0.2, 0) is 9.53 Å². The summed E-state index contributed by atoms with van der Waals surface area (Å²) in [5.41, 5.74) is 4.62. The number of carbonyl (C=O) groups is 1. The van der Waals surface area contributed by atoms with Gasteiger partial charge in [-0.3, -0.25) is 4.79 Å². The minimum atomic E-state index is -4.54. The van der Waals surface area contributed by atoms with Gasteiger partial charge in [-0.25, -0.2) is 0 Å². The fraction of sp³-hybridized carbons (Fsp3) is 0.615. The molecule has 22 heavy (non-hydrogen) atoms. The van der Waals surface area contributed by atoms with Gasteiger partial charge in [-0.2, -0.15) is 13.2 Å². The number of allylic oxidation sites excluding steroid dienone is 2. The summed E-state index contributed by atoms with van der Waals surface area (Å²) in [5.74, 6) is -0.454. The van der Waals surface area contributed by atoms with E-state index in [2.05, 4.69) is 21.2 Å². The summed E-state index contributed by atoms with van der Waals surface area (Å²) in [6.07, 6.45) is -2.01. The summed E-state index contributed by atoms with van der Waals surface area (Å²) >= 11 is 2.89. The third-order valence-electron chi connectivity index (χ3n) is 3.63. The summed E-state index contributed by atoms with van der Waals surface area (Å²) in [6.45, 7) is 0.985. The standard InChI is InChI=1S/C13H17BrF3N3O2/c1-20-10(12(21)19-6-7-3-2-4-22-7)9(18)5-8(11(20)14)13(15,16)17/h5,7,10H,2-4,6,18H2,1H3,(H,19,21)/t7-,10?/m1/s1. The predicted octanol–water partition coefficient (Wildman–Crippen LogP) is 1.61. The van der Waals surface area contributed by atoms with Gasteiger partial charge in [0.25, 0.3) is 0 Å². The van der Waals surface area contributed by atoms with Gasteiger partial charge in [0.1, 0.15) is 6.04 Å². The molecule has 2 aliphatic rings. The molecule has 2 aliphatic heterocycles. The zero-order valence-corrected chi connectivity index (χ0v) is 13.5.